The number of rotatable bonds is 8. The molecular weight excluding hydrogens is 372 g/mol. The average Bonchev–Trinajstić information content (AvgIpc) is 3.05. The number of carbonyl (C=O) groups is 1. The van der Waals surface area contributed by atoms with E-state index in [-0.39, 0.29) is 29.4 Å². The van der Waals surface area contributed by atoms with E-state index in [1.54, 1.807) is 6.07 Å². The van der Waals surface area contributed by atoms with Crippen LogP contribution in [0.3, 0.4) is 0 Å². The summed E-state index contributed by atoms with van der Waals surface area (Å²) < 4.78 is 0. The molecule has 0 aliphatic heterocycles. The molecule has 0 heterocycles. The molecule has 3 atom stereocenters. The van der Waals surface area contributed by atoms with E-state index in [2.05, 4.69) is 12.2 Å². The third kappa shape index (κ3) is 5.54. The molecule has 0 radical (unpaired) electrons. The standard InChI is InChI=1S/C23H32O4S/c24-20-14-13-17(18(20)10-5-4-9-16-7-2-1-3-8-16)19-11-6-12-21(23(19)27)28-15-22(25)26/h5-6,10-12,16-18,20,24,27H,1-4,7-9,13-15H2,(H,25,26)/b10-5+/t17-,18?,20+/m0/s1. The van der Waals surface area contributed by atoms with Crippen LogP contribution in [0.4, 0.5) is 0 Å². The fourth-order valence-electron chi connectivity index (χ4n) is 4.78. The van der Waals surface area contributed by atoms with Crippen molar-refractivity contribution in [2.75, 3.05) is 5.75 Å². The summed E-state index contributed by atoms with van der Waals surface area (Å²) in [6, 6.07) is 5.53. The smallest absolute Gasteiger partial charge is 0.313 e. The molecule has 2 fully saturated rings. The highest BCUT2D eigenvalue weighted by atomic mass is 32.2. The summed E-state index contributed by atoms with van der Waals surface area (Å²) in [5, 5.41) is 30.1. The Labute approximate surface area is 172 Å². The summed E-state index contributed by atoms with van der Waals surface area (Å²) in [6.45, 7) is 0. The lowest BCUT2D eigenvalue weighted by molar-refractivity contribution is -0.133. The van der Waals surface area contributed by atoms with E-state index < -0.39 is 5.97 Å². The lowest BCUT2D eigenvalue weighted by Gasteiger charge is -2.22. The summed E-state index contributed by atoms with van der Waals surface area (Å²) >= 11 is 1.14. The molecule has 1 unspecified atom stereocenters. The molecule has 4 nitrogen and oxygen atoms in total. The maximum atomic E-state index is 10.8. The molecule has 0 saturated heterocycles. The number of para-hydroxylation sites is 1. The van der Waals surface area contributed by atoms with Gasteiger partial charge in [-0.3, -0.25) is 4.79 Å². The second kappa shape index (κ2) is 10.4. The maximum Gasteiger partial charge on any atom is 0.313 e. The normalized spacial score (nSPS) is 26.1. The molecule has 2 aliphatic rings. The van der Waals surface area contributed by atoms with Gasteiger partial charge in [0.15, 0.2) is 0 Å². The van der Waals surface area contributed by atoms with Gasteiger partial charge in [-0.25, -0.2) is 0 Å². The minimum absolute atomic E-state index is 0.0111. The van der Waals surface area contributed by atoms with E-state index >= 15 is 0 Å². The largest absolute Gasteiger partial charge is 0.506 e. The van der Waals surface area contributed by atoms with E-state index in [9.17, 15) is 15.0 Å². The lowest BCUT2D eigenvalue weighted by Crippen LogP contribution is -2.16. The molecule has 1 aromatic carbocycles. The Kier molecular flexibility index (Phi) is 7.86. The number of aliphatic hydroxyl groups is 1. The van der Waals surface area contributed by atoms with Gasteiger partial charge in [0, 0.05) is 10.8 Å². The number of phenols is 1. The molecule has 1 aromatic rings. The van der Waals surface area contributed by atoms with Crippen molar-refractivity contribution < 1.29 is 20.1 Å². The molecule has 5 heteroatoms. The van der Waals surface area contributed by atoms with E-state index in [4.69, 9.17) is 5.11 Å². The molecule has 28 heavy (non-hydrogen) atoms. The number of thioether (sulfide) groups is 1. The van der Waals surface area contributed by atoms with Crippen LogP contribution in [0.2, 0.25) is 0 Å². The molecule has 154 valence electrons. The second-order valence-electron chi connectivity index (χ2n) is 8.21. The molecule has 0 spiro atoms. The number of allylic oxidation sites excluding steroid dienone is 1. The van der Waals surface area contributed by atoms with Crippen LogP contribution in [0, 0.1) is 11.8 Å². The molecule has 0 amide bonds. The van der Waals surface area contributed by atoms with Crippen molar-refractivity contribution in [1.29, 1.82) is 0 Å². The number of hydrogen-bond donors (Lipinski definition) is 3. The number of benzene rings is 1. The van der Waals surface area contributed by atoms with Crippen molar-refractivity contribution in [2.24, 2.45) is 11.8 Å². The first kappa shape index (κ1) is 21.3. The van der Waals surface area contributed by atoms with Gasteiger partial charge < -0.3 is 15.3 Å². The van der Waals surface area contributed by atoms with Gasteiger partial charge >= 0.3 is 5.97 Å². The van der Waals surface area contributed by atoms with Gasteiger partial charge in [0.25, 0.3) is 0 Å². The third-order valence-corrected chi connectivity index (χ3v) is 7.32. The topological polar surface area (TPSA) is 77.8 Å². The fourth-order valence-corrected chi connectivity index (χ4v) is 5.49. The SMILES string of the molecule is O=C(O)CSc1cccc([C@H]2CC[C@@H](O)C2/C=C/CCC2CCCCC2)c1O. The van der Waals surface area contributed by atoms with Gasteiger partial charge in [-0.05, 0) is 49.1 Å². The summed E-state index contributed by atoms with van der Waals surface area (Å²) in [5.41, 5.74) is 0.828. The number of carboxylic acids is 1. The number of aliphatic hydroxyl groups excluding tert-OH is 1. The number of phenolic OH excluding ortho intramolecular Hbond substituents is 1. The Morgan fingerprint density at radius 3 is 2.68 bits per heavy atom. The zero-order valence-corrected chi connectivity index (χ0v) is 17.2. The van der Waals surface area contributed by atoms with Crippen LogP contribution in [0.5, 0.6) is 5.75 Å². The second-order valence-corrected chi connectivity index (χ2v) is 9.23. The molecule has 0 aromatic heterocycles. The highest BCUT2D eigenvalue weighted by molar-refractivity contribution is 8.00. The number of aromatic hydroxyl groups is 1. The van der Waals surface area contributed by atoms with Crippen molar-refractivity contribution in [2.45, 2.75) is 74.7 Å². The summed E-state index contributed by atoms with van der Waals surface area (Å²) in [5.74, 6) is 0.144. The fraction of sp³-hybridized carbons (Fsp3) is 0.609. The van der Waals surface area contributed by atoms with Gasteiger partial charge in [0.1, 0.15) is 5.75 Å². The Morgan fingerprint density at radius 1 is 1.14 bits per heavy atom. The van der Waals surface area contributed by atoms with Crippen LogP contribution in [-0.4, -0.2) is 33.1 Å². The predicted molar refractivity (Wildman–Crippen MR) is 113 cm³/mol. The van der Waals surface area contributed by atoms with E-state index in [0.717, 1.165) is 42.5 Å². The average molecular weight is 405 g/mol. The first-order valence-electron chi connectivity index (χ1n) is 10.6. The van der Waals surface area contributed by atoms with Crippen molar-refractivity contribution in [1.82, 2.24) is 0 Å². The van der Waals surface area contributed by atoms with Crippen molar-refractivity contribution in [3.8, 4) is 5.75 Å². The molecule has 2 aliphatic carbocycles. The molecule has 3 rings (SSSR count). The Balaban J connectivity index is 1.64. The van der Waals surface area contributed by atoms with E-state index in [1.165, 1.54) is 38.5 Å². The van der Waals surface area contributed by atoms with Crippen LogP contribution in [-0.2, 0) is 4.79 Å². The number of carboxylic acid groups (broad SMARTS) is 1. The Hall–Kier alpha value is -1.46. The summed E-state index contributed by atoms with van der Waals surface area (Å²) in [6.07, 6.45) is 14.7. The van der Waals surface area contributed by atoms with Gasteiger partial charge in [-0.15, -0.1) is 11.8 Å². The number of aliphatic carboxylic acids is 1. The van der Waals surface area contributed by atoms with Gasteiger partial charge in [-0.1, -0.05) is 56.4 Å². The maximum absolute atomic E-state index is 10.8. The highest BCUT2D eigenvalue weighted by Crippen LogP contribution is 2.46. The van der Waals surface area contributed by atoms with Crippen molar-refractivity contribution in [3.63, 3.8) is 0 Å². The zero-order valence-electron chi connectivity index (χ0n) is 16.4. The minimum atomic E-state index is -0.898. The van der Waals surface area contributed by atoms with Crippen LogP contribution in [0.1, 0.15) is 69.3 Å². The quantitative estimate of drug-likeness (QED) is 0.403. The predicted octanol–water partition coefficient (Wildman–Crippen LogP) is 5.34. The monoisotopic (exact) mass is 404 g/mol. The minimum Gasteiger partial charge on any atom is -0.506 e. The lowest BCUT2D eigenvalue weighted by atomic mass is 9.85. The summed E-state index contributed by atoms with van der Waals surface area (Å²) in [4.78, 5) is 11.4. The molecule has 2 saturated carbocycles. The van der Waals surface area contributed by atoms with Crippen LogP contribution >= 0.6 is 11.8 Å². The highest BCUT2D eigenvalue weighted by Gasteiger charge is 2.35. The molecule has 3 N–H and O–H groups in total. The number of hydrogen-bond acceptors (Lipinski definition) is 4. The van der Waals surface area contributed by atoms with Gasteiger partial charge in [0.05, 0.1) is 11.9 Å². The first-order valence-corrected chi connectivity index (χ1v) is 11.6. The van der Waals surface area contributed by atoms with Gasteiger partial charge in [0.2, 0.25) is 0 Å². The summed E-state index contributed by atoms with van der Waals surface area (Å²) in [7, 11) is 0. The Bertz CT molecular complexity index is 681. The van der Waals surface area contributed by atoms with E-state index in [0.29, 0.717) is 4.90 Å². The van der Waals surface area contributed by atoms with Crippen molar-refractivity contribution >= 4 is 17.7 Å². The van der Waals surface area contributed by atoms with Gasteiger partial charge in [-0.2, -0.15) is 0 Å². The van der Waals surface area contributed by atoms with Crippen LogP contribution < -0.4 is 0 Å². The van der Waals surface area contributed by atoms with Crippen LogP contribution in [0.15, 0.2) is 35.2 Å². The van der Waals surface area contributed by atoms with E-state index in [1.807, 2.05) is 12.1 Å². The molecular formula is C23H32O4S. The van der Waals surface area contributed by atoms with Crippen molar-refractivity contribution in [3.05, 3.63) is 35.9 Å². The zero-order chi connectivity index (χ0) is 19.9. The van der Waals surface area contributed by atoms with Crippen LogP contribution in [0.25, 0.3) is 0 Å². The Morgan fingerprint density at radius 2 is 1.93 bits per heavy atom. The first-order chi connectivity index (χ1) is 13.6. The third-order valence-electron chi connectivity index (χ3n) is 6.29. The molecule has 0 bridgehead atoms.